The normalized spacial score (nSPS) is 22.8. The quantitative estimate of drug-likeness (QED) is 0.740. The molecular formula is C19H23N. The van der Waals surface area contributed by atoms with E-state index < -0.39 is 0 Å². The number of benzene rings is 2. The van der Waals surface area contributed by atoms with E-state index in [0.717, 1.165) is 12.5 Å². The molecule has 2 atom stereocenters. The van der Waals surface area contributed by atoms with Crippen LogP contribution in [0.5, 0.6) is 0 Å². The van der Waals surface area contributed by atoms with Crippen LogP contribution in [0.25, 0.3) is 0 Å². The maximum Gasteiger partial charge on any atom is 0.0544 e. The average Bonchev–Trinajstić information content (AvgIpc) is 2.49. The molecule has 0 spiro atoms. The zero-order valence-electron chi connectivity index (χ0n) is 12.4. The highest BCUT2D eigenvalue weighted by Gasteiger charge is 2.27. The summed E-state index contributed by atoms with van der Waals surface area (Å²) in [6.45, 7) is 5.68. The van der Waals surface area contributed by atoms with Crippen molar-refractivity contribution in [1.82, 2.24) is 0 Å². The van der Waals surface area contributed by atoms with Crippen molar-refractivity contribution in [2.24, 2.45) is 5.92 Å². The number of piperidine rings is 1. The number of hydrogen-bond donors (Lipinski definition) is 0. The predicted molar refractivity (Wildman–Crippen MR) is 86.1 cm³/mol. The minimum atomic E-state index is 0.516. The molecule has 0 bridgehead atoms. The highest BCUT2D eigenvalue weighted by Crippen LogP contribution is 2.37. The van der Waals surface area contributed by atoms with Gasteiger partial charge in [0.25, 0.3) is 0 Å². The van der Waals surface area contributed by atoms with Gasteiger partial charge >= 0.3 is 0 Å². The second-order valence-electron chi connectivity index (χ2n) is 6.08. The minimum Gasteiger partial charge on any atom is -0.364 e. The van der Waals surface area contributed by atoms with E-state index in [-0.39, 0.29) is 0 Å². The van der Waals surface area contributed by atoms with Gasteiger partial charge in [0.2, 0.25) is 0 Å². The molecule has 1 nitrogen and oxygen atoms in total. The Bertz CT molecular complexity index is 544. The van der Waals surface area contributed by atoms with Crippen molar-refractivity contribution in [2.75, 3.05) is 11.4 Å². The third kappa shape index (κ3) is 2.72. The topological polar surface area (TPSA) is 3.24 Å². The number of aryl methyl sites for hydroxylation is 1. The van der Waals surface area contributed by atoms with Crippen LogP contribution in [0.1, 0.15) is 36.9 Å². The summed E-state index contributed by atoms with van der Waals surface area (Å²) in [4.78, 5) is 2.58. The zero-order chi connectivity index (χ0) is 13.9. The Morgan fingerprint density at radius 3 is 2.35 bits per heavy atom. The largest absolute Gasteiger partial charge is 0.364 e. The van der Waals surface area contributed by atoms with Crippen molar-refractivity contribution in [2.45, 2.75) is 32.7 Å². The molecule has 104 valence electrons. The first-order chi connectivity index (χ1) is 9.74. The summed E-state index contributed by atoms with van der Waals surface area (Å²) in [5.74, 6) is 0.807. The Hall–Kier alpha value is -1.76. The van der Waals surface area contributed by atoms with Gasteiger partial charge in [-0.05, 0) is 43.4 Å². The Balaban J connectivity index is 1.92. The third-order valence-corrected chi connectivity index (χ3v) is 4.41. The van der Waals surface area contributed by atoms with Crippen LogP contribution in [-0.2, 0) is 0 Å². The molecule has 1 heteroatoms. The van der Waals surface area contributed by atoms with Crippen LogP contribution in [-0.4, -0.2) is 6.54 Å². The van der Waals surface area contributed by atoms with Crippen molar-refractivity contribution in [3.05, 3.63) is 65.7 Å². The molecule has 0 aromatic heterocycles. The van der Waals surface area contributed by atoms with E-state index in [1.807, 2.05) is 0 Å². The summed E-state index contributed by atoms with van der Waals surface area (Å²) in [5.41, 5.74) is 4.13. The van der Waals surface area contributed by atoms with Gasteiger partial charge in [0, 0.05) is 12.2 Å². The fraction of sp³-hybridized carbons (Fsp3) is 0.368. The van der Waals surface area contributed by atoms with Crippen LogP contribution in [0.2, 0.25) is 0 Å². The van der Waals surface area contributed by atoms with Crippen LogP contribution < -0.4 is 4.90 Å². The van der Waals surface area contributed by atoms with E-state index >= 15 is 0 Å². The molecule has 2 aromatic carbocycles. The van der Waals surface area contributed by atoms with Crippen molar-refractivity contribution >= 4 is 5.69 Å². The molecule has 20 heavy (non-hydrogen) atoms. The van der Waals surface area contributed by atoms with Gasteiger partial charge < -0.3 is 4.90 Å². The molecule has 1 aliphatic rings. The number of anilines is 1. The minimum absolute atomic E-state index is 0.516. The first-order valence-corrected chi connectivity index (χ1v) is 7.62. The van der Waals surface area contributed by atoms with Crippen molar-refractivity contribution < 1.29 is 0 Å². The van der Waals surface area contributed by atoms with E-state index in [2.05, 4.69) is 73.3 Å². The molecular weight excluding hydrogens is 242 g/mol. The Labute approximate surface area is 122 Å². The van der Waals surface area contributed by atoms with E-state index in [0.29, 0.717) is 6.04 Å². The second kappa shape index (κ2) is 5.70. The SMILES string of the molecule is Cc1ccc(N2CCC(C)CC2c2ccccc2)cc1. The first-order valence-electron chi connectivity index (χ1n) is 7.62. The monoisotopic (exact) mass is 265 g/mol. The Morgan fingerprint density at radius 1 is 0.950 bits per heavy atom. The fourth-order valence-corrected chi connectivity index (χ4v) is 3.18. The maximum atomic E-state index is 2.58. The van der Waals surface area contributed by atoms with Crippen LogP contribution in [0.3, 0.4) is 0 Å². The molecule has 2 unspecified atom stereocenters. The zero-order valence-corrected chi connectivity index (χ0v) is 12.4. The number of rotatable bonds is 2. The summed E-state index contributed by atoms with van der Waals surface area (Å²) in [5, 5.41) is 0. The van der Waals surface area contributed by atoms with E-state index in [1.54, 1.807) is 0 Å². The molecule has 1 fully saturated rings. The second-order valence-corrected chi connectivity index (χ2v) is 6.08. The Morgan fingerprint density at radius 2 is 1.65 bits per heavy atom. The number of hydrogen-bond acceptors (Lipinski definition) is 1. The highest BCUT2D eigenvalue weighted by molar-refractivity contribution is 5.50. The van der Waals surface area contributed by atoms with Gasteiger partial charge in [-0.3, -0.25) is 0 Å². The average molecular weight is 265 g/mol. The van der Waals surface area contributed by atoms with Gasteiger partial charge in [-0.2, -0.15) is 0 Å². The molecule has 1 aliphatic heterocycles. The highest BCUT2D eigenvalue weighted by atomic mass is 15.2. The summed E-state index contributed by atoms with van der Waals surface area (Å²) >= 11 is 0. The lowest BCUT2D eigenvalue weighted by molar-refractivity contribution is 0.369. The van der Waals surface area contributed by atoms with Crippen LogP contribution >= 0.6 is 0 Å². The summed E-state index contributed by atoms with van der Waals surface area (Å²) in [6, 6.07) is 20.4. The standard InChI is InChI=1S/C19H23N/c1-15-8-10-18(11-9-15)20-13-12-16(2)14-19(20)17-6-4-3-5-7-17/h3-11,16,19H,12-14H2,1-2H3. The van der Waals surface area contributed by atoms with Gasteiger partial charge in [0.05, 0.1) is 6.04 Å². The Kier molecular flexibility index (Phi) is 3.77. The van der Waals surface area contributed by atoms with E-state index in [9.17, 15) is 0 Å². The van der Waals surface area contributed by atoms with Gasteiger partial charge in [-0.1, -0.05) is 55.0 Å². The number of nitrogens with zero attached hydrogens (tertiary/aromatic N) is 1. The maximum absolute atomic E-state index is 2.58. The lowest BCUT2D eigenvalue weighted by atomic mass is 9.88. The molecule has 3 rings (SSSR count). The van der Waals surface area contributed by atoms with Crippen molar-refractivity contribution in [3.8, 4) is 0 Å². The summed E-state index contributed by atoms with van der Waals surface area (Å²) in [7, 11) is 0. The smallest absolute Gasteiger partial charge is 0.0544 e. The predicted octanol–water partition coefficient (Wildman–Crippen LogP) is 4.97. The molecule has 1 heterocycles. The molecule has 0 radical (unpaired) electrons. The fourth-order valence-electron chi connectivity index (χ4n) is 3.18. The van der Waals surface area contributed by atoms with Crippen LogP contribution in [0.4, 0.5) is 5.69 Å². The third-order valence-electron chi connectivity index (χ3n) is 4.41. The summed E-state index contributed by atoms with van der Waals surface area (Å²) < 4.78 is 0. The van der Waals surface area contributed by atoms with Gasteiger partial charge in [0.1, 0.15) is 0 Å². The van der Waals surface area contributed by atoms with Crippen LogP contribution in [0, 0.1) is 12.8 Å². The van der Waals surface area contributed by atoms with Crippen molar-refractivity contribution in [3.63, 3.8) is 0 Å². The van der Waals surface area contributed by atoms with Gasteiger partial charge in [0.15, 0.2) is 0 Å². The molecule has 1 saturated heterocycles. The van der Waals surface area contributed by atoms with Crippen molar-refractivity contribution in [1.29, 1.82) is 0 Å². The lowest BCUT2D eigenvalue weighted by Gasteiger charge is -2.40. The van der Waals surface area contributed by atoms with Crippen LogP contribution in [0.15, 0.2) is 54.6 Å². The lowest BCUT2D eigenvalue weighted by Crippen LogP contribution is -2.36. The molecule has 0 amide bonds. The van der Waals surface area contributed by atoms with E-state index in [4.69, 9.17) is 0 Å². The molecule has 0 saturated carbocycles. The first kappa shape index (κ1) is 13.2. The molecule has 0 N–H and O–H groups in total. The molecule has 2 aromatic rings. The van der Waals surface area contributed by atoms with E-state index in [1.165, 1.54) is 29.7 Å². The molecule has 0 aliphatic carbocycles. The van der Waals surface area contributed by atoms with Gasteiger partial charge in [-0.15, -0.1) is 0 Å². The van der Waals surface area contributed by atoms with Gasteiger partial charge in [-0.25, -0.2) is 0 Å². The summed E-state index contributed by atoms with van der Waals surface area (Å²) in [6.07, 6.45) is 2.54.